The molecule has 1 aliphatic rings. The first kappa shape index (κ1) is 26.1. The van der Waals surface area contributed by atoms with Crippen LogP contribution < -0.4 is 9.61 Å². The van der Waals surface area contributed by atoms with Crippen LogP contribution in [0.2, 0.25) is 0 Å². The van der Waals surface area contributed by atoms with Gasteiger partial charge in [-0.05, 0) is 67.5 Å². The van der Waals surface area contributed by atoms with Crippen molar-refractivity contribution in [3.8, 4) is 5.75 Å². The van der Waals surface area contributed by atoms with Crippen LogP contribution in [0.5, 0.6) is 5.75 Å². The summed E-state index contributed by atoms with van der Waals surface area (Å²) in [6.07, 6.45) is 3.86. The van der Waals surface area contributed by atoms with Crippen LogP contribution in [0.25, 0.3) is 10.1 Å². The van der Waals surface area contributed by atoms with Crippen LogP contribution in [0.4, 0.5) is 4.39 Å². The van der Waals surface area contributed by atoms with Crippen molar-refractivity contribution in [2.45, 2.75) is 44.2 Å². The number of alkyl halides is 1. The van der Waals surface area contributed by atoms with E-state index in [1.165, 1.54) is 36.5 Å². The normalized spacial score (nSPS) is 16.8. The summed E-state index contributed by atoms with van der Waals surface area (Å²) < 4.78 is 46.8. The molecular weight excluding hydrogens is 504 g/mol. The Hall–Kier alpha value is -3.00. The molecule has 0 spiro atoms. The lowest BCUT2D eigenvalue weighted by molar-refractivity contribution is -0.154. The zero-order valence-corrected chi connectivity index (χ0v) is 21.4. The van der Waals surface area contributed by atoms with Crippen molar-refractivity contribution >= 4 is 40.9 Å². The molecule has 3 unspecified atom stereocenters. The summed E-state index contributed by atoms with van der Waals surface area (Å²) in [7, 11) is -4.32. The number of fused-ring (bicyclic) bond motifs is 1. The zero-order chi connectivity index (χ0) is 25.7. The minimum Gasteiger partial charge on any atom is -0.461 e. The Kier molecular flexibility index (Phi) is 8.24. The fraction of sp³-hybridized carbons (Fsp3) is 0.308. The Bertz CT molecular complexity index is 1290. The molecule has 1 heterocycles. The van der Waals surface area contributed by atoms with Gasteiger partial charge in [0.2, 0.25) is 5.91 Å². The van der Waals surface area contributed by atoms with Crippen LogP contribution in [0.1, 0.15) is 47.3 Å². The van der Waals surface area contributed by atoms with Gasteiger partial charge in [0.25, 0.3) is 0 Å². The number of benzene rings is 2. The molecule has 1 aromatic heterocycles. The van der Waals surface area contributed by atoms with Gasteiger partial charge >= 0.3 is 19.5 Å². The molecule has 0 bridgehead atoms. The second kappa shape index (κ2) is 11.4. The highest BCUT2D eigenvalue weighted by Crippen LogP contribution is 2.58. The van der Waals surface area contributed by atoms with Gasteiger partial charge in [-0.2, -0.15) is 0 Å². The lowest BCUT2D eigenvalue weighted by Gasteiger charge is -2.29. The van der Waals surface area contributed by atoms with E-state index < -0.39 is 31.4 Å². The molecule has 0 radical (unpaired) electrons. The standard InChI is InChI=1S/C26H27FNO6PS/c1-3-14-32-26(30)23-16-19-15-18(12-13-22(19)36-23)24(27)35(31,34-21-8-5-4-6-9-21)28-17(2)25(29)33-20-10-7-11-20/h3-6,8-9,12-13,15-17,20,24H,1,7,10-11,14H2,2H3,(H,28,31). The van der Waals surface area contributed by atoms with Crippen molar-refractivity contribution in [2.24, 2.45) is 0 Å². The van der Waals surface area contributed by atoms with Gasteiger partial charge in [-0.15, -0.1) is 11.3 Å². The fourth-order valence-corrected chi connectivity index (χ4v) is 6.41. The number of esters is 2. The second-order valence-corrected chi connectivity index (χ2v) is 11.6. The maximum Gasteiger partial charge on any atom is 0.355 e. The van der Waals surface area contributed by atoms with E-state index in [2.05, 4.69) is 11.7 Å². The Morgan fingerprint density at radius 1 is 1.22 bits per heavy atom. The van der Waals surface area contributed by atoms with Gasteiger partial charge in [0, 0.05) is 4.70 Å². The largest absolute Gasteiger partial charge is 0.461 e. The first-order valence-electron chi connectivity index (χ1n) is 11.6. The van der Waals surface area contributed by atoms with Gasteiger partial charge in [-0.25, -0.2) is 14.3 Å². The van der Waals surface area contributed by atoms with Crippen LogP contribution in [0.3, 0.4) is 0 Å². The molecule has 1 N–H and O–H groups in total. The molecule has 3 aromatic rings. The average molecular weight is 532 g/mol. The molecule has 7 nitrogen and oxygen atoms in total. The molecule has 4 rings (SSSR count). The number of hydrogen-bond acceptors (Lipinski definition) is 7. The van der Waals surface area contributed by atoms with Crippen LogP contribution in [0.15, 0.2) is 67.3 Å². The van der Waals surface area contributed by atoms with Crippen molar-refractivity contribution in [3.63, 3.8) is 0 Å². The van der Waals surface area contributed by atoms with Crippen molar-refractivity contribution in [3.05, 3.63) is 77.7 Å². The SMILES string of the molecule is C=CCOC(=O)c1cc2cc(C(F)P(=O)(NC(C)C(=O)OC3CCC3)Oc3ccccc3)ccc2s1. The lowest BCUT2D eigenvalue weighted by atomic mass is 9.96. The monoisotopic (exact) mass is 531 g/mol. The maximum atomic E-state index is 16.0. The molecule has 0 amide bonds. The number of nitrogens with one attached hydrogen (secondary N) is 1. The van der Waals surface area contributed by atoms with Crippen LogP contribution >= 0.6 is 18.9 Å². The summed E-state index contributed by atoms with van der Waals surface area (Å²) in [6.45, 7) is 5.07. The van der Waals surface area contributed by atoms with Crippen LogP contribution in [0, 0.1) is 0 Å². The summed E-state index contributed by atoms with van der Waals surface area (Å²) in [5.74, 6) is -3.02. The van der Waals surface area contributed by atoms with E-state index in [1.54, 1.807) is 42.5 Å². The molecular formula is C26H27FNO6PS. The zero-order valence-electron chi connectivity index (χ0n) is 19.7. The van der Waals surface area contributed by atoms with Crippen LogP contribution in [-0.2, 0) is 18.8 Å². The highest BCUT2D eigenvalue weighted by Gasteiger charge is 2.41. The van der Waals surface area contributed by atoms with Gasteiger partial charge in [-0.3, -0.25) is 9.36 Å². The molecule has 190 valence electrons. The summed E-state index contributed by atoms with van der Waals surface area (Å²) >= 11 is 1.21. The van der Waals surface area contributed by atoms with E-state index in [9.17, 15) is 14.2 Å². The molecule has 1 saturated carbocycles. The van der Waals surface area contributed by atoms with Crippen molar-refractivity contribution < 1.29 is 32.5 Å². The summed E-state index contributed by atoms with van der Waals surface area (Å²) in [4.78, 5) is 25.1. The quantitative estimate of drug-likeness (QED) is 0.170. The van der Waals surface area contributed by atoms with Crippen molar-refractivity contribution in [1.29, 1.82) is 0 Å². The predicted molar refractivity (Wildman–Crippen MR) is 137 cm³/mol. The summed E-state index contributed by atoms with van der Waals surface area (Å²) in [6, 6.07) is 13.4. The number of rotatable bonds is 11. The highest BCUT2D eigenvalue weighted by molar-refractivity contribution is 7.57. The molecule has 1 fully saturated rings. The van der Waals surface area contributed by atoms with E-state index in [0.717, 1.165) is 24.0 Å². The summed E-state index contributed by atoms with van der Waals surface area (Å²) in [5.41, 5.74) is 0.0811. The Morgan fingerprint density at radius 3 is 2.64 bits per heavy atom. The number of carbonyl (C=O) groups is 2. The van der Waals surface area contributed by atoms with Gasteiger partial charge in [0.15, 0.2) is 0 Å². The van der Waals surface area contributed by atoms with Gasteiger partial charge in [0.1, 0.15) is 29.4 Å². The molecule has 3 atom stereocenters. The second-order valence-electron chi connectivity index (χ2n) is 8.47. The number of carbonyl (C=O) groups excluding carboxylic acids is 2. The molecule has 1 aliphatic carbocycles. The Morgan fingerprint density at radius 2 is 1.97 bits per heavy atom. The molecule has 10 heteroatoms. The van der Waals surface area contributed by atoms with E-state index in [1.807, 2.05) is 0 Å². The first-order chi connectivity index (χ1) is 17.3. The van der Waals surface area contributed by atoms with Gasteiger partial charge < -0.3 is 14.0 Å². The highest BCUT2D eigenvalue weighted by atomic mass is 32.1. The number of para-hydroxylation sites is 1. The minimum atomic E-state index is -4.32. The Balaban J connectivity index is 1.60. The third kappa shape index (κ3) is 6.03. The Labute approximate surface area is 212 Å². The third-order valence-electron chi connectivity index (χ3n) is 5.69. The fourth-order valence-electron chi connectivity index (χ4n) is 3.57. The third-order valence-corrected chi connectivity index (χ3v) is 8.91. The minimum absolute atomic E-state index is 0.0811. The predicted octanol–water partition coefficient (Wildman–Crippen LogP) is 6.56. The van der Waals surface area contributed by atoms with Crippen LogP contribution in [-0.4, -0.2) is 30.7 Å². The summed E-state index contributed by atoms with van der Waals surface area (Å²) in [5, 5.41) is 3.18. The molecule has 0 aliphatic heterocycles. The van der Waals surface area contributed by atoms with Gasteiger partial charge in [-0.1, -0.05) is 36.9 Å². The van der Waals surface area contributed by atoms with E-state index in [-0.39, 0.29) is 24.0 Å². The van der Waals surface area contributed by atoms with E-state index in [0.29, 0.717) is 10.3 Å². The molecule has 2 aromatic carbocycles. The van der Waals surface area contributed by atoms with Crippen molar-refractivity contribution in [1.82, 2.24) is 5.09 Å². The average Bonchev–Trinajstić information content (AvgIpc) is 3.28. The maximum absolute atomic E-state index is 16.0. The molecule has 36 heavy (non-hydrogen) atoms. The number of ether oxygens (including phenoxy) is 2. The van der Waals surface area contributed by atoms with Crippen molar-refractivity contribution in [2.75, 3.05) is 6.61 Å². The smallest absolute Gasteiger partial charge is 0.355 e. The lowest BCUT2D eigenvalue weighted by Crippen LogP contribution is -2.38. The number of halogens is 1. The van der Waals surface area contributed by atoms with E-state index >= 15 is 4.39 Å². The van der Waals surface area contributed by atoms with E-state index in [4.69, 9.17) is 14.0 Å². The topological polar surface area (TPSA) is 90.9 Å². The number of hydrogen-bond donors (Lipinski definition) is 1. The number of thiophene rings is 1. The first-order valence-corrected chi connectivity index (χ1v) is 14.1. The van der Waals surface area contributed by atoms with Gasteiger partial charge in [0.05, 0.1) is 0 Å². The molecule has 0 saturated heterocycles.